The van der Waals surface area contributed by atoms with Crippen LogP contribution in [0.3, 0.4) is 0 Å². The molecule has 0 aliphatic heterocycles. The molecule has 0 spiro atoms. The van der Waals surface area contributed by atoms with Crippen molar-refractivity contribution in [1.29, 1.82) is 0 Å². The van der Waals surface area contributed by atoms with Gasteiger partial charge in [0.2, 0.25) is 5.82 Å². The molecule has 0 aliphatic carbocycles. The second-order valence-electron chi connectivity index (χ2n) is 5.52. The van der Waals surface area contributed by atoms with Gasteiger partial charge >= 0.3 is 5.69 Å². The van der Waals surface area contributed by atoms with Gasteiger partial charge in [-0.2, -0.15) is 4.39 Å². The number of nitrogens with zero attached hydrogens (tertiary/aromatic N) is 1. The lowest BCUT2D eigenvalue weighted by Gasteiger charge is -2.30. The third-order valence-corrected chi connectivity index (χ3v) is 2.99. The van der Waals surface area contributed by atoms with Gasteiger partial charge < -0.3 is 10.4 Å². The largest absolute Gasteiger partial charge is 0.395 e. The molecule has 1 aromatic rings. The van der Waals surface area contributed by atoms with Crippen molar-refractivity contribution in [2.45, 2.75) is 33.4 Å². The third kappa shape index (κ3) is 4.25. The summed E-state index contributed by atoms with van der Waals surface area (Å²) in [6, 6.07) is 3.66. The zero-order valence-electron chi connectivity index (χ0n) is 11.3. The van der Waals surface area contributed by atoms with Crippen LogP contribution in [0.25, 0.3) is 0 Å². The molecule has 1 atom stereocenters. The fraction of sp³-hybridized carbons (Fsp3) is 0.538. The highest BCUT2D eigenvalue weighted by molar-refractivity contribution is 5.34. The molecule has 5 nitrogen and oxygen atoms in total. The van der Waals surface area contributed by atoms with Crippen LogP contribution in [0.1, 0.15) is 26.3 Å². The van der Waals surface area contributed by atoms with E-state index in [0.29, 0.717) is 12.1 Å². The molecule has 0 saturated carbocycles. The van der Waals surface area contributed by atoms with Crippen molar-refractivity contribution >= 4 is 5.69 Å². The second-order valence-corrected chi connectivity index (χ2v) is 5.52. The molecule has 2 N–H and O–H groups in total. The molecule has 19 heavy (non-hydrogen) atoms. The standard InChI is InChI=1S/C13H19FN2O3/c1-13(2,3)12(8-17)15-7-9-4-5-11(16(18)19)10(14)6-9/h4-6,12,15,17H,7-8H2,1-3H3/t12-/m1/s1. The van der Waals surface area contributed by atoms with Crippen molar-refractivity contribution in [1.82, 2.24) is 5.32 Å². The van der Waals surface area contributed by atoms with Crippen molar-refractivity contribution in [3.8, 4) is 0 Å². The average Bonchev–Trinajstić information content (AvgIpc) is 2.27. The Bertz CT molecular complexity index is 458. The van der Waals surface area contributed by atoms with Crippen molar-refractivity contribution in [2.75, 3.05) is 6.61 Å². The lowest BCUT2D eigenvalue weighted by Crippen LogP contribution is -2.42. The van der Waals surface area contributed by atoms with Crippen LogP contribution in [0, 0.1) is 21.3 Å². The summed E-state index contributed by atoms with van der Waals surface area (Å²) in [7, 11) is 0. The Morgan fingerprint density at radius 2 is 2.11 bits per heavy atom. The van der Waals surface area contributed by atoms with Gasteiger partial charge in [-0.1, -0.05) is 26.8 Å². The predicted octanol–water partition coefficient (Wildman–Crippen LogP) is 2.23. The minimum absolute atomic E-state index is 0.0288. The molecule has 0 saturated heterocycles. The smallest absolute Gasteiger partial charge is 0.304 e. The number of nitro groups is 1. The Morgan fingerprint density at radius 1 is 1.47 bits per heavy atom. The molecule has 0 aromatic heterocycles. The lowest BCUT2D eigenvalue weighted by molar-refractivity contribution is -0.387. The average molecular weight is 270 g/mol. The Morgan fingerprint density at radius 3 is 2.53 bits per heavy atom. The number of benzene rings is 1. The summed E-state index contributed by atoms with van der Waals surface area (Å²) < 4.78 is 13.4. The van der Waals surface area contributed by atoms with Crippen LogP contribution in [0.4, 0.5) is 10.1 Å². The minimum Gasteiger partial charge on any atom is -0.395 e. The van der Waals surface area contributed by atoms with Crippen LogP contribution in [0.5, 0.6) is 0 Å². The monoisotopic (exact) mass is 270 g/mol. The van der Waals surface area contributed by atoms with Gasteiger partial charge in [-0.05, 0) is 17.0 Å². The number of halogens is 1. The summed E-state index contributed by atoms with van der Waals surface area (Å²) in [4.78, 5) is 9.74. The van der Waals surface area contributed by atoms with Gasteiger partial charge in [-0.15, -0.1) is 0 Å². The number of aliphatic hydroxyl groups is 1. The molecule has 0 fully saturated rings. The van der Waals surface area contributed by atoms with E-state index in [2.05, 4.69) is 5.32 Å². The summed E-state index contributed by atoms with van der Waals surface area (Å²) >= 11 is 0. The van der Waals surface area contributed by atoms with E-state index in [4.69, 9.17) is 0 Å². The topological polar surface area (TPSA) is 75.4 Å². The van der Waals surface area contributed by atoms with Crippen LogP contribution in [-0.4, -0.2) is 22.7 Å². The third-order valence-electron chi connectivity index (χ3n) is 2.99. The summed E-state index contributed by atoms with van der Waals surface area (Å²) in [6.45, 7) is 6.27. The first-order chi connectivity index (χ1) is 8.75. The molecule has 0 unspecified atom stereocenters. The maximum atomic E-state index is 13.4. The number of rotatable bonds is 5. The van der Waals surface area contributed by atoms with E-state index in [1.165, 1.54) is 6.07 Å². The maximum Gasteiger partial charge on any atom is 0.304 e. The van der Waals surface area contributed by atoms with Crippen molar-refractivity contribution < 1.29 is 14.4 Å². The van der Waals surface area contributed by atoms with E-state index in [9.17, 15) is 19.6 Å². The highest BCUT2D eigenvalue weighted by Crippen LogP contribution is 2.21. The molecule has 0 aliphatic rings. The zero-order valence-corrected chi connectivity index (χ0v) is 11.3. The SMILES string of the molecule is CC(C)(C)[C@@H](CO)NCc1ccc([N+](=O)[O-])c(F)c1. The van der Waals surface area contributed by atoms with Gasteiger partial charge in [0.1, 0.15) is 0 Å². The Kier molecular flexibility index (Phi) is 4.97. The quantitative estimate of drug-likeness (QED) is 0.635. The molecule has 0 radical (unpaired) electrons. The fourth-order valence-corrected chi connectivity index (χ4v) is 1.69. The van der Waals surface area contributed by atoms with Gasteiger partial charge in [-0.3, -0.25) is 10.1 Å². The van der Waals surface area contributed by atoms with Crippen LogP contribution in [-0.2, 0) is 6.54 Å². The summed E-state index contributed by atoms with van der Waals surface area (Å²) in [5.74, 6) is -0.847. The van der Waals surface area contributed by atoms with E-state index in [1.54, 1.807) is 0 Å². The van der Waals surface area contributed by atoms with E-state index in [-0.39, 0.29) is 18.1 Å². The Balaban J connectivity index is 2.74. The summed E-state index contributed by atoms with van der Waals surface area (Å²) in [5, 5.41) is 22.9. The van der Waals surface area contributed by atoms with Crippen LogP contribution in [0.15, 0.2) is 18.2 Å². The molecule has 6 heteroatoms. The molecular formula is C13H19FN2O3. The van der Waals surface area contributed by atoms with E-state index >= 15 is 0 Å². The predicted molar refractivity (Wildman–Crippen MR) is 70.2 cm³/mol. The molecule has 1 rings (SSSR count). The minimum atomic E-state index is -0.847. The number of aliphatic hydroxyl groups excluding tert-OH is 1. The van der Waals surface area contributed by atoms with Gasteiger partial charge in [0.05, 0.1) is 11.5 Å². The Labute approximate surface area is 111 Å². The zero-order chi connectivity index (χ0) is 14.6. The van der Waals surface area contributed by atoms with Crippen LogP contribution in [0.2, 0.25) is 0 Å². The van der Waals surface area contributed by atoms with Gasteiger partial charge in [0.25, 0.3) is 0 Å². The number of hydrogen-bond donors (Lipinski definition) is 2. The van der Waals surface area contributed by atoms with Gasteiger partial charge in [0.15, 0.2) is 0 Å². The normalized spacial score (nSPS) is 13.3. The number of nitro benzene ring substituents is 1. The molecular weight excluding hydrogens is 251 g/mol. The lowest BCUT2D eigenvalue weighted by atomic mass is 9.87. The molecule has 0 amide bonds. The van der Waals surface area contributed by atoms with Crippen molar-refractivity contribution in [3.63, 3.8) is 0 Å². The number of nitrogens with one attached hydrogen (secondary N) is 1. The molecule has 1 aromatic carbocycles. The van der Waals surface area contributed by atoms with Gasteiger partial charge in [0, 0.05) is 18.7 Å². The molecule has 0 bridgehead atoms. The molecule has 0 heterocycles. The Hall–Kier alpha value is -1.53. The van der Waals surface area contributed by atoms with E-state index in [1.807, 2.05) is 20.8 Å². The highest BCUT2D eigenvalue weighted by atomic mass is 19.1. The van der Waals surface area contributed by atoms with Gasteiger partial charge in [-0.25, -0.2) is 0 Å². The van der Waals surface area contributed by atoms with Crippen molar-refractivity contribution in [3.05, 3.63) is 39.7 Å². The second kappa shape index (κ2) is 6.08. The van der Waals surface area contributed by atoms with E-state index < -0.39 is 16.4 Å². The highest BCUT2D eigenvalue weighted by Gasteiger charge is 2.23. The first kappa shape index (κ1) is 15.5. The fourth-order valence-electron chi connectivity index (χ4n) is 1.69. The number of hydrogen-bond acceptors (Lipinski definition) is 4. The summed E-state index contributed by atoms with van der Waals surface area (Å²) in [6.07, 6.45) is 0. The van der Waals surface area contributed by atoms with Crippen molar-refractivity contribution in [2.24, 2.45) is 5.41 Å². The summed E-state index contributed by atoms with van der Waals surface area (Å²) in [5.41, 5.74) is -0.0577. The van der Waals surface area contributed by atoms with Crippen LogP contribution < -0.4 is 5.32 Å². The molecule has 106 valence electrons. The van der Waals surface area contributed by atoms with Crippen LogP contribution >= 0.6 is 0 Å². The first-order valence-corrected chi connectivity index (χ1v) is 6.02. The first-order valence-electron chi connectivity index (χ1n) is 6.02. The maximum absolute atomic E-state index is 13.4. The van der Waals surface area contributed by atoms with E-state index in [0.717, 1.165) is 12.1 Å².